The lowest BCUT2D eigenvalue weighted by atomic mass is 10.2. The molecule has 0 radical (unpaired) electrons. The number of carbonyl (C=O) groups is 1. The Morgan fingerprint density at radius 1 is 1.46 bits per heavy atom. The molecule has 0 aliphatic rings. The van der Waals surface area contributed by atoms with Gasteiger partial charge in [0.2, 0.25) is 5.12 Å². The van der Waals surface area contributed by atoms with E-state index in [1.807, 2.05) is 0 Å². The summed E-state index contributed by atoms with van der Waals surface area (Å²) in [6.07, 6.45) is 0.273. The highest BCUT2D eigenvalue weighted by molar-refractivity contribution is 8.17. The van der Waals surface area contributed by atoms with Gasteiger partial charge in [-0.2, -0.15) is 5.26 Å². The van der Waals surface area contributed by atoms with Crippen LogP contribution >= 0.6 is 23.4 Å². The van der Waals surface area contributed by atoms with E-state index in [1.54, 1.807) is 29.7 Å². The highest BCUT2D eigenvalue weighted by Gasteiger charge is 2.03. The van der Waals surface area contributed by atoms with E-state index in [9.17, 15) is 4.79 Å². The van der Waals surface area contributed by atoms with Crippen LogP contribution in [0, 0.1) is 10.7 Å². The molecule has 0 atom stereocenters. The van der Waals surface area contributed by atoms with Crippen LogP contribution in [0.5, 0.6) is 0 Å². The van der Waals surface area contributed by atoms with Crippen molar-refractivity contribution in [2.24, 2.45) is 0 Å². The zero-order valence-corrected chi connectivity index (χ0v) is 8.23. The van der Waals surface area contributed by atoms with E-state index in [4.69, 9.17) is 16.9 Å². The summed E-state index contributed by atoms with van der Waals surface area (Å²) in [5.74, 6) is 0. The van der Waals surface area contributed by atoms with Crippen LogP contribution < -0.4 is 0 Å². The van der Waals surface area contributed by atoms with Gasteiger partial charge in [0.05, 0.1) is 0 Å². The molecular weight excluding hydrogens is 206 g/mol. The molecule has 2 nitrogen and oxygen atoms in total. The first kappa shape index (κ1) is 10.1. The number of benzene rings is 1. The van der Waals surface area contributed by atoms with Crippen LogP contribution in [0.2, 0.25) is 5.02 Å². The summed E-state index contributed by atoms with van der Waals surface area (Å²) >= 11 is 6.33. The number of nitrogens with zero attached hydrogens (tertiary/aromatic N) is 1. The fourth-order valence-electron chi connectivity index (χ4n) is 0.856. The van der Waals surface area contributed by atoms with Crippen LogP contribution in [0.15, 0.2) is 24.3 Å². The molecule has 1 aromatic rings. The van der Waals surface area contributed by atoms with E-state index in [0.29, 0.717) is 16.8 Å². The molecule has 0 heterocycles. The Labute approximate surface area is 85.5 Å². The fourth-order valence-corrected chi connectivity index (χ4v) is 1.32. The first-order chi connectivity index (χ1) is 6.22. The summed E-state index contributed by atoms with van der Waals surface area (Å²) in [5, 5.41) is 10.5. The summed E-state index contributed by atoms with van der Waals surface area (Å²) in [5.41, 5.74) is 0.872. The number of nitriles is 1. The molecule has 1 aromatic carbocycles. The predicted octanol–water partition coefficient (Wildman–Crippen LogP) is 2.62. The standard InChI is InChI=1S/C9H6ClNOS/c10-8-3-1-7(2-4-8)5-9(12)13-6-11/h1-4H,5H2. The number of thioether (sulfide) groups is 1. The summed E-state index contributed by atoms with van der Waals surface area (Å²) in [4.78, 5) is 11.0. The minimum absolute atomic E-state index is 0.148. The predicted molar refractivity (Wildman–Crippen MR) is 53.4 cm³/mol. The maximum atomic E-state index is 11.0. The molecule has 0 spiro atoms. The highest BCUT2D eigenvalue weighted by Crippen LogP contribution is 2.12. The van der Waals surface area contributed by atoms with Gasteiger partial charge in [-0.15, -0.1) is 0 Å². The molecule has 0 aliphatic heterocycles. The molecule has 0 fully saturated rings. The van der Waals surface area contributed by atoms with Crippen molar-refractivity contribution in [2.45, 2.75) is 6.42 Å². The van der Waals surface area contributed by atoms with Crippen molar-refractivity contribution in [1.29, 1.82) is 5.26 Å². The van der Waals surface area contributed by atoms with Crippen LogP contribution in [-0.2, 0) is 11.2 Å². The SMILES string of the molecule is N#CSC(=O)Cc1ccc(Cl)cc1. The molecule has 0 amide bonds. The molecule has 66 valence electrons. The number of thiocyanates is 1. The largest absolute Gasteiger partial charge is 0.286 e. The Kier molecular flexibility index (Phi) is 3.81. The summed E-state index contributed by atoms with van der Waals surface area (Å²) in [6.45, 7) is 0. The first-order valence-electron chi connectivity index (χ1n) is 3.55. The third-order valence-electron chi connectivity index (χ3n) is 1.42. The molecular formula is C9H6ClNOS. The van der Waals surface area contributed by atoms with E-state index in [2.05, 4.69) is 0 Å². The van der Waals surface area contributed by atoms with Gasteiger partial charge in [-0.05, 0) is 17.7 Å². The second kappa shape index (κ2) is 4.90. The molecule has 0 unspecified atom stereocenters. The first-order valence-corrected chi connectivity index (χ1v) is 4.75. The van der Waals surface area contributed by atoms with Gasteiger partial charge in [0.1, 0.15) is 5.40 Å². The average molecular weight is 212 g/mol. The van der Waals surface area contributed by atoms with Crippen LogP contribution in [0.4, 0.5) is 0 Å². The third-order valence-corrected chi connectivity index (χ3v) is 2.14. The number of hydrogen-bond acceptors (Lipinski definition) is 3. The molecule has 0 N–H and O–H groups in total. The summed E-state index contributed by atoms with van der Waals surface area (Å²) < 4.78 is 0. The van der Waals surface area contributed by atoms with Crippen molar-refractivity contribution in [3.8, 4) is 5.40 Å². The minimum atomic E-state index is -0.148. The van der Waals surface area contributed by atoms with E-state index in [0.717, 1.165) is 5.56 Å². The average Bonchev–Trinajstić information content (AvgIpc) is 2.09. The van der Waals surface area contributed by atoms with Crippen LogP contribution in [0.25, 0.3) is 0 Å². The smallest absolute Gasteiger partial charge is 0.207 e. The lowest BCUT2D eigenvalue weighted by molar-refractivity contribution is -0.110. The Balaban J connectivity index is 2.60. The van der Waals surface area contributed by atoms with Crippen LogP contribution in [-0.4, -0.2) is 5.12 Å². The van der Waals surface area contributed by atoms with Crippen LogP contribution in [0.3, 0.4) is 0 Å². The van der Waals surface area contributed by atoms with E-state index in [-0.39, 0.29) is 11.5 Å². The van der Waals surface area contributed by atoms with Gasteiger partial charge in [0, 0.05) is 23.2 Å². The maximum absolute atomic E-state index is 11.0. The molecule has 0 saturated heterocycles. The number of halogens is 1. The summed E-state index contributed by atoms with van der Waals surface area (Å²) in [7, 11) is 0. The molecule has 4 heteroatoms. The monoisotopic (exact) mass is 211 g/mol. The zero-order chi connectivity index (χ0) is 9.68. The second-order valence-electron chi connectivity index (χ2n) is 2.37. The van der Waals surface area contributed by atoms with E-state index >= 15 is 0 Å². The Morgan fingerprint density at radius 3 is 2.62 bits per heavy atom. The van der Waals surface area contributed by atoms with Gasteiger partial charge < -0.3 is 0 Å². The minimum Gasteiger partial charge on any atom is -0.286 e. The fraction of sp³-hybridized carbons (Fsp3) is 0.111. The van der Waals surface area contributed by atoms with Gasteiger partial charge in [-0.3, -0.25) is 4.79 Å². The molecule has 0 saturated carbocycles. The quantitative estimate of drug-likeness (QED) is 0.707. The van der Waals surface area contributed by atoms with Gasteiger partial charge >= 0.3 is 0 Å². The van der Waals surface area contributed by atoms with E-state index in [1.165, 1.54) is 0 Å². The Morgan fingerprint density at radius 2 is 2.08 bits per heavy atom. The van der Waals surface area contributed by atoms with Crippen molar-refractivity contribution in [1.82, 2.24) is 0 Å². The second-order valence-corrected chi connectivity index (χ2v) is 3.65. The van der Waals surface area contributed by atoms with Gasteiger partial charge in [0.25, 0.3) is 0 Å². The molecule has 13 heavy (non-hydrogen) atoms. The molecule has 0 aromatic heterocycles. The number of rotatable bonds is 2. The van der Waals surface area contributed by atoms with Crippen molar-refractivity contribution >= 4 is 28.5 Å². The van der Waals surface area contributed by atoms with Crippen molar-refractivity contribution in [3.05, 3.63) is 34.9 Å². The van der Waals surface area contributed by atoms with Crippen LogP contribution in [0.1, 0.15) is 5.56 Å². The van der Waals surface area contributed by atoms with Gasteiger partial charge in [0.15, 0.2) is 0 Å². The topological polar surface area (TPSA) is 40.9 Å². The lowest BCUT2D eigenvalue weighted by Gasteiger charge is -1.96. The molecule has 1 rings (SSSR count). The van der Waals surface area contributed by atoms with Crippen molar-refractivity contribution < 1.29 is 4.79 Å². The zero-order valence-electron chi connectivity index (χ0n) is 6.66. The number of hydrogen-bond donors (Lipinski definition) is 0. The van der Waals surface area contributed by atoms with Crippen molar-refractivity contribution in [2.75, 3.05) is 0 Å². The normalized spacial score (nSPS) is 9.23. The number of carbonyl (C=O) groups excluding carboxylic acids is 1. The summed E-state index contributed by atoms with van der Waals surface area (Å²) in [6, 6.07) is 7.00. The molecule has 0 aliphatic carbocycles. The maximum Gasteiger partial charge on any atom is 0.207 e. The van der Waals surface area contributed by atoms with Crippen molar-refractivity contribution in [3.63, 3.8) is 0 Å². The van der Waals surface area contributed by atoms with Gasteiger partial charge in [-0.1, -0.05) is 23.7 Å². The van der Waals surface area contributed by atoms with E-state index < -0.39 is 0 Å². The Bertz CT molecular complexity index is 342. The lowest BCUT2D eigenvalue weighted by Crippen LogP contribution is -1.95. The Hall–Kier alpha value is -0.980. The highest BCUT2D eigenvalue weighted by atomic mass is 35.5. The van der Waals surface area contributed by atoms with Gasteiger partial charge in [-0.25, -0.2) is 0 Å². The third kappa shape index (κ3) is 3.49. The molecule has 0 bridgehead atoms.